The van der Waals surface area contributed by atoms with Gasteiger partial charge < -0.3 is 0 Å². The summed E-state index contributed by atoms with van der Waals surface area (Å²) in [5.41, 5.74) is 1.45. The minimum atomic E-state index is 0.460. The molecule has 1 saturated carbocycles. The van der Waals surface area contributed by atoms with Gasteiger partial charge in [-0.15, -0.1) is 0 Å². The Balaban J connectivity index is 2.33. The molecule has 0 amide bonds. The first-order chi connectivity index (χ1) is 8.17. The van der Waals surface area contributed by atoms with Gasteiger partial charge in [0.15, 0.2) is 0 Å². The third kappa shape index (κ3) is 2.61. The van der Waals surface area contributed by atoms with E-state index >= 15 is 0 Å². The molecular formula is C17H33N. The van der Waals surface area contributed by atoms with Gasteiger partial charge in [-0.3, -0.25) is 4.90 Å². The molecule has 0 unspecified atom stereocenters. The topological polar surface area (TPSA) is 3.24 Å². The first-order valence-electron chi connectivity index (χ1n) is 7.92. The molecule has 2 aliphatic rings. The molecule has 1 aliphatic heterocycles. The highest BCUT2D eigenvalue weighted by Gasteiger charge is 2.51. The first kappa shape index (κ1) is 14.4. The molecule has 1 heterocycles. The van der Waals surface area contributed by atoms with E-state index in [1.807, 2.05) is 0 Å². The second-order valence-corrected chi connectivity index (χ2v) is 8.81. The molecule has 0 aromatic rings. The van der Waals surface area contributed by atoms with E-state index in [1.165, 1.54) is 45.2 Å². The number of hydrogen-bond donors (Lipinski definition) is 0. The fraction of sp³-hybridized carbons (Fsp3) is 1.00. The standard InChI is InChI=1S/C17H33N/c1-14(2)17(18-9-7-8-10-18)12-15(3,4)11-16(5,6)13-17/h14H,7-13H2,1-6H3. The zero-order valence-corrected chi connectivity index (χ0v) is 13.5. The normalized spacial score (nSPS) is 30.8. The van der Waals surface area contributed by atoms with Crippen molar-refractivity contribution in [1.29, 1.82) is 0 Å². The number of rotatable bonds is 2. The van der Waals surface area contributed by atoms with Gasteiger partial charge in [-0.25, -0.2) is 0 Å². The van der Waals surface area contributed by atoms with Crippen LogP contribution in [0.4, 0.5) is 0 Å². The zero-order chi connectivity index (χ0) is 13.6. The van der Waals surface area contributed by atoms with Crippen LogP contribution < -0.4 is 0 Å². The third-order valence-electron chi connectivity index (χ3n) is 5.34. The maximum Gasteiger partial charge on any atom is 0.0242 e. The molecule has 1 heteroatoms. The quantitative estimate of drug-likeness (QED) is 0.687. The smallest absolute Gasteiger partial charge is 0.0242 e. The highest BCUT2D eigenvalue weighted by molar-refractivity contribution is 5.06. The molecule has 0 bridgehead atoms. The zero-order valence-electron chi connectivity index (χ0n) is 13.5. The first-order valence-corrected chi connectivity index (χ1v) is 7.92. The Morgan fingerprint density at radius 2 is 1.22 bits per heavy atom. The largest absolute Gasteiger partial charge is 0.297 e. The average Bonchev–Trinajstić information content (AvgIpc) is 2.64. The van der Waals surface area contributed by atoms with Crippen molar-refractivity contribution < 1.29 is 0 Å². The lowest BCUT2D eigenvalue weighted by atomic mass is 9.55. The van der Waals surface area contributed by atoms with Crippen LogP contribution in [0.15, 0.2) is 0 Å². The lowest BCUT2D eigenvalue weighted by Gasteiger charge is -2.58. The number of nitrogens with zero attached hydrogens (tertiary/aromatic N) is 1. The Kier molecular flexibility index (Phi) is 3.60. The van der Waals surface area contributed by atoms with E-state index in [0.29, 0.717) is 16.4 Å². The van der Waals surface area contributed by atoms with Gasteiger partial charge in [-0.2, -0.15) is 0 Å². The van der Waals surface area contributed by atoms with E-state index in [-0.39, 0.29) is 0 Å². The van der Waals surface area contributed by atoms with Gasteiger partial charge in [0.25, 0.3) is 0 Å². The molecule has 0 spiro atoms. The molecule has 1 saturated heterocycles. The summed E-state index contributed by atoms with van der Waals surface area (Å²) < 4.78 is 0. The summed E-state index contributed by atoms with van der Waals surface area (Å²) >= 11 is 0. The molecule has 0 aromatic carbocycles. The van der Waals surface area contributed by atoms with Crippen molar-refractivity contribution >= 4 is 0 Å². The molecule has 0 N–H and O–H groups in total. The van der Waals surface area contributed by atoms with Crippen LogP contribution in [-0.4, -0.2) is 23.5 Å². The van der Waals surface area contributed by atoms with Crippen molar-refractivity contribution in [2.75, 3.05) is 13.1 Å². The SMILES string of the molecule is CC(C)C1(N2CCCC2)CC(C)(C)CC(C)(C)C1. The Bertz CT molecular complexity index is 279. The molecule has 1 aliphatic carbocycles. The van der Waals surface area contributed by atoms with Crippen molar-refractivity contribution in [1.82, 2.24) is 4.90 Å². The highest BCUT2D eigenvalue weighted by Crippen LogP contribution is 2.55. The maximum absolute atomic E-state index is 2.85. The Hall–Kier alpha value is -0.0400. The van der Waals surface area contributed by atoms with Gasteiger partial charge >= 0.3 is 0 Å². The van der Waals surface area contributed by atoms with Gasteiger partial charge in [0, 0.05) is 5.54 Å². The van der Waals surface area contributed by atoms with E-state index in [4.69, 9.17) is 0 Å². The second kappa shape index (κ2) is 4.51. The Labute approximate surface area is 114 Å². The van der Waals surface area contributed by atoms with Crippen molar-refractivity contribution in [2.24, 2.45) is 16.7 Å². The van der Waals surface area contributed by atoms with Crippen molar-refractivity contribution in [3.05, 3.63) is 0 Å². The van der Waals surface area contributed by atoms with Gasteiger partial charge in [0.1, 0.15) is 0 Å². The predicted octanol–water partition coefficient (Wildman–Crippen LogP) is 4.71. The molecule has 0 aromatic heterocycles. The Morgan fingerprint density at radius 3 is 1.61 bits per heavy atom. The van der Waals surface area contributed by atoms with Gasteiger partial charge in [-0.1, -0.05) is 41.5 Å². The maximum atomic E-state index is 2.85. The number of hydrogen-bond acceptors (Lipinski definition) is 1. The molecule has 2 fully saturated rings. The fourth-order valence-electron chi connectivity index (χ4n) is 5.30. The molecule has 106 valence electrons. The molecule has 18 heavy (non-hydrogen) atoms. The van der Waals surface area contributed by atoms with E-state index < -0.39 is 0 Å². The van der Waals surface area contributed by atoms with E-state index in [1.54, 1.807) is 0 Å². The van der Waals surface area contributed by atoms with Crippen molar-refractivity contribution in [3.8, 4) is 0 Å². The molecule has 1 nitrogen and oxygen atoms in total. The molecule has 0 radical (unpaired) electrons. The van der Waals surface area contributed by atoms with Gasteiger partial charge in [-0.05, 0) is 61.9 Å². The van der Waals surface area contributed by atoms with Crippen LogP contribution in [-0.2, 0) is 0 Å². The van der Waals surface area contributed by atoms with Crippen molar-refractivity contribution in [3.63, 3.8) is 0 Å². The van der Waals surface area contributed by atoms with Crippen LogP contribution in [0.5, 0.6) is 0 Å². The predicted molar refractivity (Wildman–Crippen MR) is 79.8 cm³/mol. The minimum absolute atomic E-state index is 0.460. The third-order valence-corrected chi connectivity index (χ3v) is 5.34. The lowest BCUT2D eigenvalue weighted by Crippen LogP contribution is -2.59. The average molecular weight is 251 g/mol. The molecule has 0 atom stereocenters. The lowest BCUT2D eigenvalue weighted by molar-refractivity contribution is -0.0655. The summed E-state index contributed by atoms with van der Waals surface area (Å²) in [6.07, 6.45) is 6.98. The summed E-state index contributed by atoms with van der Waals surface area (Å²) in [5, 5.41) is 0. The van der Waals surface area contributed by atoms with E-state index in [0.717, 1.165) is 5.92 Å². The minimum Gasteiger partial charge on any atom is -0.297 e. The highest BCUT2D eigenvalue weighted by atomic mass is 15.2. The number of likely N-dealkylation sites (tertiary alicyclic amines) is 1. The van der Waals surface area contributed by atoms with Gasteiger partial charge in [0.2, 0.25) is 0 Å². The van der Waals surface area contributed by atoms with E-state index in [2.05, 4.69) is 46.4 Å². The van der Waals surface area contributed by atoms with Crippen LogP contribution in [0.1, 0.15) is 73.6 Å². The molecule has 2 rings (SSSR count). The van der Waals surface area contributed by atoms with Crippen LogP contribution in [0.2, 0.25) is 0 Å². The van der Waals surface area contributed by atoms with Gasteiger partial charge in [0.05, 0.1) is 0 Å². The molecular weight excluding hydrogens is 218 g/mol. The summed E-state index contributed by atoms with van der Waals surface area (Å²) in [5.74, 6) is 0.773. The van der Waals surface area contributed by atoms with Crippen LogP contribution >= 0.6 is 0 Å². The van der Waals surface area contributed by atoms with Crippen molar-refractivity contribution in [2.45, 2.75) is 79.2 Å². The van der Waals surface area contributed by atoms with Crippen LogP contribution in [0.3, 0.4) is 0 Å². The van der Waals surface area contributed by atoms with Crippen LogP contribution in [0, 0.1) is 16.7 Å². The second-order valence-electron chi connectivity index (χ2n) is 8.81. The fourth-order valence-corrected chi connectivity index (χ4v) is 5.30. The summed E-state index contributed by atoms with van der Waals surface area (Å²) in [6, 6.07) is 0. The monoisotopic (exact) mass is 251 g/mol. The van der Waals surface area contributed by atoms with Crippen LogP contribution in [0.25, 0.3) is 0 Å². The Morgan fingerprint density at radius 1 is 0.778 bits per heavy atom. The summed E-state index contributed by atoms with van der Waals surface area (Å²) in [7, 11) is 0. The summed E-state index contributed by atoms with van der Waals surface area (Å²) in [6.45, 7) is 17.5. The van der Waals surface area contributed by atoms with E-state index in [9.17, 15) is 0 Å². The summed E-state index contributed by atoms with van der Waals surface area (Å²) in [4.78, 5) is 2.85.